The van der Waals surface area contributed by atoms with Crippen LogP contribution >= 0.6 is 0 Å². The maximum Gasteiger partial charge on any atom is 0.417 e. The van der Waals surface area contributed by atoms with Gasteiger partial charge in [-0.25, -0.2) is 0 Å². The van der Waals surface area contributed by atoms with Crippen LogP contribution in [0.3, 0.4) is 0 Å². The molecule has 1 aliphatic heterocycles. The first-order chi connectivity index (χ1) is 12.4. The predicted octanol–water partition coefficient (Wildman–Crippen LogP) is 2.96. The first-order valence-corrected chi connectivity index (χ1v) is 8.29. The Balaban J connectivity index is 1.75. The molecule has 2 N–H and O–H groups in total. The van der Waals surface area contributed by atoms with Crippen LogP contribution in [0.4, 0.5) is 13.2 Å². The number of alkyl halides is 3. The van der Waals surface area contributed by atoms with Crippen LogP contribution in [-0.4, -0.2) is 34.2 Å². The molecule has 1 aromatic carbocycles. The van der Waals surface area contributed by atoms with Gasteiger partial charge < -0.3 is 5.73 Å². The Morgan fingerprint density at radius 2 is 1.88 bits per heavy atom. The highest BCUT2D eigenvalue weighted by molar-refractivity contribution is 5.62. The summed E-state index contributed by atoms with van der Waals surface area (Å²) in [6, 6.07) is 8.77. The number of nitriles is 1. The Bertz CT molecular complexity index is 803. The van der Waals surface area contributed by atoms with Crippen molar-refractivity contribution in [1.29, 1.82) is 5.26 Å². The second-order valence-electron chi connectivity index (χ2n) is 6.39. The molecule has 26 heavy (non-hydrogen) atoms. The van der Waals surface area contributed by atoms with Gasteiger partial charge in [-0.15, -0.1) is 0 Å². The van der Waals surface area contributed by atoms with Crippen LogP contribution in [0.5, 0.6) is 0 Å². The molecule has 8 heteroatoms. The van der Waals surface area contributed by atoms with E-state index in [4.69, 9.17) is 11.0 Å². The molecule has 1 fully saturated rings. The third-order valence-electron chi connectivity index (χ3n) is 4.48. The molecule has 1 saturated heterocycles. The van der Waals surface area contributed by atoms with Crippen molar-refractivity contribution < 1.29 is 13.2 Å². The fourth-order valence-electron chi connectivity index (χ4n) is 2.98. The van der Waals surface area contributed by atoms with Gasteiger partial charge in [-0.1, -0.05) is 6.07 Å². The van der Waals surface area contributed by atoms with Gasteiger partial charge in [0.15, 0.2) is 0 Å². The molecule has 136 valence electrons. The minimum absolute atomic E-state index is 0.258. The van der Waals surface area contributed by atoms with Crippen LogP contribution in [0, 0.1) is 11.3 Å². The van der Waals surface area contributed by atoms with E-state index in [1.54, 1.807) is 18.2 Å². The third kappa shape index (κ3) is 4.18. The molecule has 5 nitrogen and oxygen atoms in total. The molecular formula is C18H18F3N5. The Morgan fingerprint density at radius 3 is 2.46 bits per heavy atom. The first kappa shape index (κ1) is 18.3. The summed E-state index contributed by atoms with van der Waals surface area (Å²) in [5, 5.41) is 17.3. The lowest BCUT2D eigenvalue weighted by Gasteiger charge is -2.29. The van der Waals surface area contributed by atoms with Crippen LogP contribution in [0.1, 0.15) is 29.7 Å². The van der Waals surface area contributed by atoms with Crippen molar-refractivity contribution in [1.82, 2.24) is 15.1 Å². The van der Waals surface area contributed by atoms with Crippen molar-refractivity contribution in [2.45, 2.75) is 31.6 Å². The number of halogens is 3. The van der Waals surface area contributed by atoms with E-state index in [9.17, 15) is 13.2 Å². The topological polar surface area (TPSA) is 78.8 Å². The average molecular weight is 361 g/mol. The quantitative estimate of drug-likeness (QED) is 0.909. The van der Waals surface area contributed by atoms with E-state index in [2.05, 4.69) is 15.1 Å². The smallest absolute Gasteiger partial charge is 0.328 e. The summed E-state index contributed by atoms with van der Waals surface area (Å²) in [7, 11) is 0. The zero-order valence-corrected chi connectivity index (χ0v) is 14.0. The van der Waals surface area contributed by atoms with Crippen molar-refractivity contribution in [2.24, 2.45) is 5.73 Å². The summed E-state index contributed by atoms with van der Waals surface area (Å²) < 4.78 is 38.6. The third-order valence-corrected chi connectivity index (χ3v) is 4.48. The van der Waals surface area contributed by atoms with E-state index >= 15 is 0 Å². The molecule has 0 aliphatic carbocycles. The Kier molecular flexibility index (Phi) is 5.20. The first-order valence-electron chi connectivity index (χ1n) is 8.29. The van der Waals surface area contributed by atoms with Crippen LogP contribution in [0.15, 0.2) is 30.3 Å². The Labute approximate surface area is 149 Å². The van der Waals surface area contributed by atoms with Gasteiger partial charge >= 0.3 is 6.18 Å². The van der Waals surface area contributed by atoms with Crippen molar-refractivity contribution in [3.05, 3.63) is 47.2 Å². The molecule has 2 aromatic rings. The number of rotatable bonds is 3. The number of aromatic nitrogens is 2. The number of hydrogen-bond acceptors (Lipinski definition) is 5. The normalized spacial score (nSPS) is 16.4. The molecule has 1 aromatic heterocycles. The summed E-state index contributed by atoms with van der Waals surface area (Å²) in [4.78, 5) is 2.25. The van der Waals surface area contributed by atoms with Crippen LogP contribution in [-0.2, 0) is 12.7 Å². The van der Waals surface area contributed by atoms with Gasteiger partial charge in [0.25, 0.3) is 0 Å². The van der Waals surface area contributed by atoms with Crippen molar-refractivity contribution >= 4 is 0 Å². The molecule has 0 amide bonds. The van der Waals surface area contributed by atoms with Crippen molar-refractivity contribution in [3.8, 4) is 17.3 Å². The number of likely N-dealkylation sites (tertiary alicyclic amines) is 1. The van der Waals surface area contributed by atoms with Gasteiger partial charge in [0.2, 0.25) is 0 Å². The second-order valence-corrected chi connectivity index (χ2v) is 6.39. The number of piperidine rings is 1. The lowest BCUT2D eigenvalue weighted by Crippen LogP contribution is -2.39. The van der Waals surface area contributed by atoms with Gasteiger partial charge in [0.05, 0.1) is 28.6 Å². The standard InChI is InChI=1S/C18H18F3N5/c19-18(20,21)16-3-1-12(9-13(16)10-22)17-4-2-15(24-25-17)11-26-7-5-14(23)6-8-26/h1-4,9,14H,5-8,11,23H2. The highest BCUT2D eigenvalue weighted by Gasteiger charge is 2.33. The zero-order chi connectivity index (χ0) is 18.7. The van der Waals surface area contributed by atoms with E-state index < -0.39 is 17.3 Å². The fraction of sp³-hybridized carbons (Fsp3) is 0.389. The predicted molar refractivity (Wildman–Crippen MR) is 89.7 cm³/mol. The number of nitrogens with two attached hydrogens (primary N) is 1. The minimum atomic E-state index is -4.56. The summed E-state index contributed by atoms with van der Waals surface area (Å²) in [5.41, 5.74) is 6.16. The van der Waals surface area contributed by atoms with Crippen LogP contribution in [0.25, 0.3) is 11.3 Å². The Morgan fingerprint density at radius 1 is 1.15 bits per heavy atom. The monoisotopic (exact) mass is 361 g/mol. The van der Waals surface area contributed by atoms with E-state index in [1.807, 2.05) is 0 Å². The summed E-state index contributed by atoms with van der Waals surface area (Å²) in [5.74, 6) is 0. The van der Waals surface area contributed by atoms with E-state index in [0.29, 0.717) is 17.8 Å². The molecule has 0 radical (unpaired) electrons. The lowest BCUT2D eigenvalue weighted by atomic mass is 10.0. The van der Waals surface area contributed by atoms with Gasteiger partial charge in [-0.3, -0.25) is 4.90 Å². The van der Waals surface area contributed by atoms with Gasteiger partial charge in [-0.05, 0) is 37.1 Å². The molecule has 0 atom stereocenters. The highest BCUT2D eigenvalue weighted by atomic mass is 19.4. The minimum Gasteiger partial charge on any atom is -0.328 e. The molecule has 0 bridgehead atoms. The van der Waals surface area contributed by atoms with Gasteiger partial charge in [0.1, 0.15) is 0 Å². The molecule has 0 spiro atoms. The van der Waals surface area contributed by atoms with E-state index in [0.717, 1.165) is 37.7 Å². The largest absolute Gasteiger partial charge is 0.417 e. The molecule has 0 unspecified atom stereocenters. The molecule has 2 heterocycles. The maximum absolute atomic E-state index is 12.9. The maximum atomic E-state index is 12.9. The van der Waals surface area contributed by atoms with E-state index in [-0.39, 0.29) is 6.04 Å². The fourth-order valence-corrected chi connectivity index (χ4v) is 2.98. The zero-order valence-electron chi connectivity index (χ0n) is 14.0. The summed E-state index contributed by atoms with van der Waals surface area (Å²) >= 11 is 0. The number of hydrogen-bond donors (Lipinski definition) is 1. The lowest BCUT2D eigenvalue weighted by molar-refractivity contribution is -0.137. The second kappa shape index (κ2) is 7.40. The van der Waals surface area contributed by atoms with Crippen LogP contribution in [0.2, 0.25) is 0 Å². The molecular weight excluding hydrogens is 343 g/mol. The number of nitrogens with zero attached hydrogens (tertiary/aromatic N) is 4. The highest BCUT2D eigenvalue weighted by Crippen LogP contribution is 2.33. The van der Waals surface area contributed by atoms with Crippen molar-refractivity contribution in [2.75, 3.05) is 13.1 Å². The molecule has 0 saturated carbocycles. The summed E-state index contributed by atoms with van der Waals surface area (Å²) in [6.45, 7) is 2.49. The van der Waals surface area contributed by atoms with Gasteiger partial charge in [-0.2, -0.15) is 28.6 Å². The SMILES string of the molecule is N#Cc1cc(-c2ccc(CN3CCC(N)CC3)nn2)ccc1C(F)(F)F. The van der Waals surface area contributed by atoms with Crippen molar-refractivity contribution in [3.63, 3.8) is 0 Å². The average Bonchev–Trinajstić information content (AvgIpc) is 2.63. The molecule has 3 rings (SSSR count). The summed E-state index contributed by atoms with van der Waals surface area (Å²) in [6.07, 6.45) is -2.65. The van der Waals surface area contributed by atoms with Gasteiger partial charge in [0, 0.05) is 31.2 Å². The Hall–Kier alpha value is -2.50. The molecule has 1 aliphatic rings. The van der Waals surface area contributed by atoms with E-state index in [1.165, 1.54) is 12.1 Å². The number of benzene rings is 1. The van der Waals surface area contributed by atoms with Crippen LogP contribution < -0.4 is 5.73 Å².